The molecular formula is C16H24ClN3O3. The van der Waals surface area contributed by atoms with Crippen LogP contribution < -0.4 is 16.0 Å². The van der Waals surface area contributed by atoms with E-state index < -0.39 is 12.1 Å². The van der Waals surface area contributed by atoms with E-state index in [1.54, 1.807) is 6.92 Å². The maximum atomic E-state index is 12.2. The molecule has 1 aromatic carbocycles. The normalized spacial score (nSPS) is 21.7. The van der Waals surface area contributed by atoms with Crippen LogP contribution in [-0.2, 0) is 20.9 Å². The van der Waals surface area contributed by atoms with Gasteiger partial charge in [0.1, 0.15) is 12.1 Å². The number of carbonyl (C=O) groups is 2. The first-order chi connectivity index (χ1) is 10.6. The van der Waals surface area contributed by atoms with Crippen LogP contribution >= 0.6 is 12.4 Å². The summed E-state index contributed by atoms with van der Waals surface area (Å²) in [5.74, 6) is -0.420. The third-order valence-corrected chi connectivity index (χ3v) is 3.66. The summed E-state index contributed by atoms with van der Waals surface area (Å²) in [4.78, 5) is 24.2. The number of benzene rings is 1. The van der Waals surface area contributed by atoms with Crippen LogP contribution in [0.15, 0.2) is 30.3 Å². The summed E-state index contributed by atoms with van der Waals surface area (Å²) in [6.45, 7) is 5.19. The van der Waals surface area contributed by atoms with Crippen LogP contribution in [0.5, 0.6) is 0 Å². The third kappa shape index (κ3) is 5.82. The van der Waals surface area contributed by atoms with Gasteiger partial charge in [-0.05, 0) is 19.4 Å². The van der Waals surface area contributed by atoms with Gasteiger partial charge in [0.05, 0.1) is 12.7 Å². The highest BCUT2D eigenvalue weighted by Gasteiger charge is 2.29. The van der Waals surface area contributed by atoms with Crippen LogP contribution in [0.3, 0.4) is 0 Å². The number of ether oxygens (including phenoxy) is 1. The first-order valence-electron chi connectivity index (χ1n) is 7.55. The smallest absolute Gasteiger partial charge is 0.242 e. The largest absolute Gasteiger partial charge is 0.375 e. The van der Waals surface area contributed by atoms with Crippen molar-refractivity contribution in [3.05, 3.63) is 35.9 Å². The van der Waals surface area contributed by atoms with Gasteiger partial charge in [0, 0.05) is 13.1 Å². The van der Waals surface area contributed by atoms with E-state index in [-0.39, 0.29) is 30.3 Å². The van der Waals surface area contributed by atoms with Gasteiger partial charge in [0.2, 0.25) is 11.8 Å². The van der Waals surface area contributed by atoms with E-state index in [0.717, 1.165) is 5.56 Å². The highest BCUT2D eigenvalue weighted by Crippen LogP contribution is 2.04. The monoisotopic (exact) mass is 341 g/mol. The predicted octanol–water partition coefficient (Wildman–Crippen LogP) is 0.606. The van der Waals surface area contributed by atoms with Gasteiger partial charge < -0.3 is 20.7 Å². The highest BCUT2D eigenvalue weighted by molar-refractivity contribution is 5.89. The first kappa shape index (κ1) is 19.4. The van der Waals surface area contributed by atoms with E-state index in [1.807, 2.05) is 37.3 Å². The zero-order chi connectivity index (χ0) is 15.9. The van der Waals surface area contributed by atoms with Crippen LogP contribution in [0.1, 0.15) is 19.4 Å². The van der Waals surface area contributed by atoms with Crippen LogP contribution in [0, 0.1) is 0 Å². The second-order valence-electron chi connectivity index (χ2n) is 5.44. The molecular weight excluding hydrogens is 318 g/mol. The van der Waals surface area contributed by atoms with Gasteiger partial charge in [0.15, 0.2) is 0 Å². The minimum Gasteiger partial charge on any atom is -0.375 e. The Kier molecular flexibility index (Phi) is 8.02. The van der Waals surface area contributed by atoms with Crippen molar-refractivity contribution in [2.24, 2.45) is 0 Å². The second-order valence-corrected chi connectivity index (χ2v) is 5.44. The van der Waals surface area contributed by atoms with Crippen LogP contribution in [0.2, 0.25) is 0 Å². The van der Waals surface area contributed by atoms with Crippen molar-refractivity contribution in [1.29, 1.82) is 0 Å². The van der Waals surface area contributed by atoms with Crippen molar-refractivity contribution < 1.29 is 14.3 Å². The second kappa shape index (κ2) is 9.50. The lowest BCUT2D eigenvalue weighted by atomic mass is 10.1. The molecule has 1 unspecified atom stereocenters. The van der Waals surface area contributed by atoms with Crippen molar-refractivity contribution >= 4 is 24.2 Å². The Balaban J connectivity index is 0.00000264. The Bertz CT molecular complexity index is 513. The minimum atomic E-state index is -0.591. The summed E-state index contributed by atoms with van der Waals surface area (Å²) in [5.41, 5.74) is 1.02. The molecule has 0 bridgehead atoms. The molecule has 1 heterocycles. The fraction of sp³-hybridized carbons (Fsp3) is 0.500. The molecule has 2 amide bonds. The van der Waals surface area contributed by atoms with E-state index in [4.69, 9.17) is 4.74 Å². The average Bonchev–Trinajstić information content (AvgIpc) is 2.53. The maximum Gasteiger partial charge on any atom is 0.242 e. The lowest BCUT2D eigenvalue weighted by molar-refractivity contribution is -0.133. The molecule has 1 fully saturated rings. The molecule has 1 aliphatic heterocycles. The topological polar surface area (TPSA) is 79.5 Å². The van der Waals surface area contributed by atoms with E-state index in [2.05, 4.69) is 16.0 Å². The first-order valence-corrected chi connectivity index (χ1v) is 7.55. The average molecular weight is 342 g/mol. The Hall–Kier alpha value is -1.63. The lowest BCUT2D eigenvalue weighted by Gasteiger charge is -2.30. The van der Waals surface area contributed by atoms with Gasteiger partial charge >= 0.3 is 0 Å². The van der Waals surface area contributed by atoms with Crippen molar-refractivity contribution in [2.75, 3.05) is 13.2 Å². The molecule has 1 saturated heterocycles. The number of nitrogens with one attached hydrogen (secondary N) is 3. The highest BCUT2D eigenvalue weighted by atomic mass is 35.5. The third-order valence-electron chi connectivity index (χ3n) is 3.66. The Morgan fingerprint density at radius 2 is 2.04 bits per heavy atom. The van der Waals surface area contributed by atoms with Crippen molar-refractivity contribution in [3.8, 4) is 0 Å². The summed E-state index contributed by atoms with van der Waals surface area (Å²) < 4.78 is 5.44. The Morgan fingerprint density at radius 3 is 2.70 bits per heavy atom. The minimum absolute atomic E-state index is 0. The zero-order valence-corrected chi connectivity index (χ0v) is 14.2. The van der Waals surface area contributed by atoms with Gasteiger partial charge in [-0.2, -0.15) is 0 Å². The van der Waals surface area contributed by atoms with Crippen molar-refractivity contribution in [3.63, 3.8) is 0 Å². The van der Waals surface area contributed by atoms with Crippen LogP contribution in [0.25, 0.3) is 0 Å². The molecule has 1 aliphatic rings. The number of morpholine rings is 1. The number of carbonyl (C=O) groups excluding carboxylic acids is 2. The lowest BCUT2D eigenvalue weighted by Crippen LogP contribution is -2.58. The van der Waals surface area contributed by atoms with Crippen molar-refractivity contribution in [2.45, 2.75) is 38.6 Å². The Morgan fingerprint density at radius 1 is 1.35 bits per heavy atom. The SMILES string of the molecule is CC(NC(=O)[C@H]1NCCO[C@@H]1C)C(=O)NCc1ccccc1.Cl. The zero-order valence-electron chi connectivity index (χ0n) is 13.4. The van der Waals surface area contributed by atoms with Crippen molar-refractivity contribution in [1.82, 2.24) is 16.0 Å². The van der Waals surface area contributed by atoms with E-state index in [1.165, 1.54) is 0 Å². The summed E-state index contributed by atoms with van der Waals surface area (Å²) in [7, 11) is 0. The molecule has 2 rings (SSSR count). The standard InChI is InChI=1S/C16H23N3O3.ClH/c1-11(15(20)18-10-13-6-4-3-5-7-13)19-16(21)14-12(2)22-9-8-17-14;/h3-7,11-12,14,17H,8-10H2,1-2H3,(H,18,20)(H,19,21);1H/t11?,12-,14+;/m1./s1. The van der Waals surface area contributed by atoms with Crippen LogP contribution in [-0.4, -0.2) is 43.2 Å². The molecule has 3 N–H and O–H groups in total. The van der Waals surface area contributed by atoms with E-state index in [0.29, 0.717) is 19.7 Å². The van der Waals surface area contributed by atoms with Gasteiger partial charge in [-0.3, -0.25) is 9.59 Å². The molecule has 3 atom stereocenters. The summed E-state index contributed by atoms with van der Waals surface area (Å²) in [6, 6.07) is 8.63. The predicted molar refractivity (Wildman–Crippen MR) is 90.3 cm³/mol. The van der Waals surface area contributed by atoms with E-state index >= 15 is 0 Å². The molecule has 0 aromatic heterocycles. The molecule has 6 nitrogen and oxygen atoms in total. The summed E-state index contributed by atoms with van der Waals surface area (Å²) >= 11 is 0. The Labute approximate surface area is 142 Å². The fourth-order valence-electron chi connectivity index (χ4n) is 2.33. The van der Waals surface area contributed by atoms with Gasteiger partial charge in [0.25, 0.3) is 0 Å². The van der Waals surface area contributed by atoms with Gasteiger partial charge in [-0.25, -0.2) is 0 Å². The number of hydrogen-bond acceptors (Lipinski definition) is 4. The fourth-order valence-corrected chi connectivity index (χ4v) is 2.33. The summed E-state index contributed by atoms with van der Waals surface area (Å²) in [5, 5.41) is 8.64. The summed E-state index contributed by atoms with van der Waals surface area (Å²) in [6.07, 6.45) is -0.201. The van der Waals surface area contributed by atoms with Gasteiger partial charge in [-0.15, -0.1) is 12.4 Å². The quantitative estimate of drug-likeness (QED) is 0.733. The maximum absolute atomic E-state index is 12.2. The molecule has 128 valence electrons. The number of hydrogen-bond donors (Lipinski definition) is 3. The molecule has 7 heteroatoms. The number of amides is 2. The molecule has 0 radical (unpaired) electrons. The number of halogens is 1. The molecule has 0 saturated carbocycles. The molecule has 23 heavy (non-hydrogen) atoms. The van der Waals surface area contributed by atoms with Crippen LogP contribution in [0.4, 0.5) is 0 Å². The van der Waals surface area contributed by atoms with Gasteiger partial charge in [-0.1, -0.05) is 30.3 Å². The molecule has 0 aliphatic carbocycles. The molecule has 1 aromatic rings. The number of rotatable bonds is 5. The molecule has 0 spiro atoms. The van der Waals surface area contributed by atoms with E-state index in [9.17, 15) is 9.59 Å².